The number of benzene rings is 1. The van der Waals surface area contributed by atoms with Crippen molar-refractivity contribution in [3.05, 3.63) is 34.9 Å². The van der Waals surface area contributed by atoms with E-state index in [1.54, 1.807) is 0 Å². The molecule has 1 aliphatic carbocycles. The molecule has 0 spiro atoms. The molecule has 5 nitrogen and oxygen atoms in total. The second-order valence-electron chi connectivity index (χ2n) is 6.66. The van der Waals surface area contributed by atoms with Gasteiger partial charge in [0.05, 0.1) is 5.60 Å². The molecule has 2 aliphatic rings. The van der Waals surface area contributed by atoms with Crippen LogP contribution >= 0.6 is 11.6 Å². The van der Waals surface area contributed by atoms with Crippen molar-refractivity contribution in [2.75, 3.05) is 26.3 Å². The summed E-state index contributed by atoms with van der Waals surface area (Å²) in [4.78, 5) is 12.0. The molecule has 3 rings (SSSR count). The van der Waals surface area contributed by atoms with Crippen molar-refractivity contribution in [3.63, 3.8) is 0 Å². The Balaban J connectivity index is 1.47. The maximum atomic E-state index is 12.0. The summed E-state index contributed by atoms with van der Waals surface area (Å²) in [6, 6.07) is 7.59. The molecule has 2 fully saturated rings. The third kappa shape index (κ3) is 4.16. The van der Waals surface area contributed by atoms with Crippen LogP contribution < -0.4 is 10.6 Å². The average Bonchev–Trinajstić information content (AvgIpc) is 3.33. The van der Waals surface area contributed by atoms with Crippen molar-refractivity contribution in [2.45, 2.75) is 36.7 Å². The van der Waals surface area contributed by atoms with Crippen molar-refractivity contribution in [3.8, 4) is 0 Å². The van der Waals surface area contributed by atoms with Crippen molar-refractivity contribution < 1.29 is 14.6 Å². The van der Waals surface area contributed by atoms with E-state index >= 15 is 0 Å². The molecule has 0 aromatic heterocycles. The lowest BCUT2D eigenvalue weighted by Crippen LogP contribution is -2.49. The first-order valence-corrected chi connectivity index (χ1v) is 8.47. The van der Waals surface area contributed by atoms with E-state index in [1.807, 2.05) is 18.2 Å². The number of aliphatic hydroxyl groups is 1. The average molecular weight is 339 g/mol. The Morgan fingerprint density at radius 3 is 2.52 bits per heavy atom. The zero-order chi connectivity index (χ0) is 16.3. The van der Waals surface area contributed by atoms with Gasteiger partial charge < -0.3 is 20.5 Å². The number of amides is 2. The van der Waals surface area contributed by atoms with Crippen molar-refractivity contribution >= 4 is 17.6 Å². The molecule has 1 aliphatic heterocycles. The highest BCUT2D eigenvalue weighted by atomic mass is 35.5. The topological polar surface area (TPSA) is 70.6 Å². The Labute approximate surface area is 141 Å². The van der Waals surface area contributed by atoms with E-state index in [4.69, 9.17) is 16.3 Å². The van der Waals surface area contributed by atoms with Crippen LogP contribution in [-0.2, 0) is 10.2 Å². The predicted molar refractivity (Wildman–Crippen MR) is 88.8 cm³/mol. The zero-order valence-electron chi connectivity index (χ0n) is 13.1. The quantitative estimate of drug-likeness (QED) is 0.771. The zero-order valence-corrected chi connectivity index (χ0v) is 13.9. The Bertz CT molecular complexity index is 569. The number of halogens is 1. The van der Waals surface area contributed by atoms with Crippen LogP contribution in [0.2, 0.25) is 5.02 Å². The van der Waals surface area contributed by atoms with Gasteiger partial charge >= 0.3 is 6.03 Å². The molecule has 3 N–H and O–H groups in total. The number of urea groups is 1. The molecule has 1 heterocycles. The lowest BCUT2D eigenvalue weighted by atomic mass is 9.94. The van der Waals surface area contributed by atoms with Gasteiger partial charge in [-0.2, -0.15) is 0 Å². The summed E-state index contributed by atoms with van der Waals surface area (Å²) >= 11 is 6.05. The third-order valence-electron chi connectivity index (χ3n) is 4.88. The number of hydrogen-bond acceptors (Lipinski definition) is 3. The van der Waals surface area contributed by atoms with Crippen LogP contribution in [0.4, 0.5) is 4.79 Å². The predicted octanol–water partition coefficient (Wildman–Crippen LogP) is 2.21. The Morgan fingerprint density at radius 1 is 1.17 bits per heavy atom. The molecule has 1 aromatic carbocycles. The van der Waals surface area contributed by atoms with E-state index in [1.165, 1.54) is 5.56 Å². The van der Waals surface area contributed by atoms with Crippen LogP contribution in [0.15, 0.2) is 24.3 Å². The molecule has 0 radical (unpaired) electrons. The SMILES string of the molecule is O=C(NCC1(O)CCOCC1)NCC1(c2cccc(Cl)c2)CC1. The van der Waals surface area contributed by atoms with E-state index in [9.17, 15) is 9.90 Å². The van der Waals surface area contributed by atoms with Gasteiger partial charge in [0.2, 0.25) is 0 Å². The van der Waals surface area contributed by atoms with Gasteiger partial charge in [0.25, 0.3) is 0 Å². The fourth-order valence-corrected chi connectivity index (χ4v) is 3.21. The summed E-state index contributed by atoms with van der Waals surface area (Å²) in [5, 5.41) is 16.8. The number of hydrogen-bond donors (Lipinski definition) is 3. The second-order valence-corrected chi connectivity index (χ2v) is 7.10. The molecular formula is C17H23ClN2O3. The molecule has 2 amide bonds. The maximum Gasteiger partial charge on any atom is 0.314 e. The first-order valence-electron chi connectivity index (χ1n) is 8.09. The van der Waals surface area contributed by atoms with Crippen LogP contribution in [0.1, 0.15) is 31.2 Å². The maximum absolute atomic E-state index is 12.0. The van der Waals surface area contributed by atoms with Gasteiger partial charge in [0.15, 0.2) is 0 Å². The van der Waals surface area contributed by atoms with Gasteiger partial charge in [0.1, 0.15) is 0 Å². The minimum Gasteiger partial charge on any atom is -0.388 e. The van der Waals surface area contributed by atoms with E-state index in [-0.39, 0.29) is 18.0 Å². The second kappa shape index (κ2) is 6.67. The number of rotatable bonds is 5. The molecule has 1 aromatic rings. The van der Waals surface area contributed by atoms with Crippen LogP contribution in [-0.4, -0.2) is 43.0 Å². The summed E-state index contributed by atoms with van der Waals surface area (Å²) < 4.78 is 5.23. The van der Waals surface area contributed by atoms with Crippen molar-refractivity contribution in [1.29, 1.82) is 0 Å². The summed E-state index contributed by atoms with van der Waals surface area (Å²) in [6.45, 7) is 1.92. The highest BCUT2D eigenvalue weighted by Gasteiger charge is 2.44. The molecule has 126 valence electrons. The molecule has 1 saturated heterocycles. The highest BCUT2D eigenvalue weighted by molar-refractivity contribution is 6.30. The Kier molecular flexibility index (Phi) is 4.80. The van der Waals surface area contributed by atoms with E-state index in [0.29, 0.717) is 32.6 Å². The summed E-state index contributed by atoms with van der Waals surface area (Å²) in [5.41, 5.74) is 0.339. The molecule has 0 bridgehead atoms. The lowest BCUT2D eigenvalue weighted by molar-refractivity contribution is -0.0600. The first-order chi connectivity index (χ1) is 11.0. The molecule has 0 atom stereocenters. The summed E-state index contributed by atoms with van der Waals surface area (Å²) in [6.07, 6.45) is 3.21. The standard InChI is InChI=1S/C17H23ClN2O3/c18-14-3-1-2-13(10-14)16(4-5-16)11-19-15(21)20-12-17(22)6-8-23-9-7-17/h1-3,10,22H,4-9,11-12H2,(H2,19,20,21). The Morgan fingerprint density at radius 2 is 1.87 bits per heavy atom. The summed E-state index contributed by atoms with van der Waals surface area (Å²) in [7, 11) is 0. The Hall–Kier alpha value is -1.30. The fraction of sp³-hybridized carbons (Fsp3) is 0.588. The number of nitrogens with one attached hydrogen (secondary N) is 2. The monoisotopic (exact) mass is 338 g/mol. The van der Waals surface area contributed by atoms with E-state index in [2.05, 4.69) is 16.7 Å². The van der Waals surface area contributed by atoms with E-state index < -0.39 is 5.60 Å². The smallest absolute Gasteiger partial charge is 0.314 e. The van der Waals surface area contributed by atoms with Crippen LogP contribution in [0.25, 0.3) is 0 Å². The molecular weight excluding hydrogens is 316 g/mol. The van der Waals surface area contributed by atoms with Gasteiger partial charge in [-0.25, -0.2) is 4.79 Å². The largest absolute Gasteiger partial charge is 0.388 e. The van der Waals surface area contributed by atoms with Gasteiger partial charge in [-0.3, -0.25) is 0 Å². The lowest BCUT2D eigenvalue weighted by Gasteiger charge is -2.32. The van der Waals surface area contributed by atoms with Gasteiger partial charge in [0, 0.05) is 49.6 Å². The van der Waals surface area contributed by atoms with Crippen LogP contribution in [0.3, 0.4) is 0 Å². The van der Waals surface area contributed by atoms with E-state index in [0.717, 1.165) is 17.9 Å². The number of ether oxygens (including phenoxy) is 1. The summed E-state index contributed by atoms with van der Waals surface area (Å²) in [5.74, 6) is 0. The first kappa shape index (κ1) is 16.6. The van der Waals surface area contributed by atoms with Crippen molar-refractivity contribution in [2.24, 2.45) is 0 Å². The number of carbonyl (C=O) groups excluding carboxylic acids is 1. The van der Waals surface area contributed by atoms with Gasteiger partial charge in [-0.15, -0.1) is 0 Å². The van der Waals surface area contributed by atoms with Crippen LogP contribution in [0.5, 0.6) is 0 Å². The number of carbonyl (C=O) groups is 1. The molecule has 6 heteroatoms. The van der Waals surface area contributed by atoms with Crippen molar-refractivity contribution in [1.82, 2.24) is 10.6 Å². The van der Waals surface area contributed by atoms with Gasteiger partial charge in [-0.05, 0) is 30.5 Å². The van der Waals surface area contributed by atoms with Crippen LogP contribution in [0, 0.1) is 0 Å². The molecule has 1 saturated carbocycles. The minimum atomic E-state index is -0.847. The molecule has 23 heavy (non-hydrogen) atoms. The van der Waals surface area contributed by atoms with Gasteiger partial charge in [-0.1, -0.05) is 23.7 Å². The highest BCUT2D eigenvalue weighted by Crippen LogP contribution is 2.48. The molecule has 0 unspecified atom stereocenters. The normalized spacial score (nSPS) is 21.5. The fourth-order valence-electron chi connectivity index (χ4n) is 3.02. The third-order valence-corrected chi connectivity index (χ3v) is 5.11. The minimum absolute atomic E-state index is 0.0117.